The number of carbonyl (C=O) groups excluding carboxylic acids is 1. The Morgan fingerprint density at radius 3 is 1.67 bits per heavy atom. The Bertz CT molecular complexity index is 519. The van der Waals surface area contributed by atoms with Crippen molar-refractivity contribution in [3.63, 3.8) is 0 Å². The Kier molecular flexibility index (Phi) is 4.56. The van der Waals surface area contributed by atoms with Crippen LogP contribution in [0.3, 0.4) is 0 Å². The van der Waals surface area contributed by atoms with Crippen molar-refractivity contribution in [3.05, 3.63) is 29.8 Å². The third-order valence-electron chi connectivity index (χ3n) is 2.30. The van der Waals surface area contributed by atoms with E-state index in [9.17, 15) is 39.9 Å². The number of nitrogens with one attached hydrogen (secondary N) is 1. The van der Waals surface area contributed by atoms with Crippen LogP contribution in [0.4, 0.5) is 40.8 Å². The van der Waals surface area contributed by atoms with Gasteiger partial charge in [-0.25, -0.2) is 8.78 Å². The fraction of sp³-hybridized carbons (Fsp3) is 0.300. The standard InChI is InChI=1S/C10H4BrF8NO/c11-8(9(14,15)16,10(17,18)19)7(21)20-6-4(12)2-1-3-5(6)13/h1-3H,(H,20,21). The number of para-hydroxylation sites is 1. The first-order valence-corrected chi connectivity index (χ1v) is 5.69. The quantitative estimate of drug-likeness (QED) is 0.601. The number of anilines is 1. The molecular formula is C10H4BrF8NO. The minimum absolute atomic E-state index is 0.551. The molecular weight excluding hydrogens is 382 g/mol. The Morgan fingerprint density at radius 2 is 1.33 bits per heavy atom. The van der Waals surface area contributed by atoms with Gasteiger partial charge in [0.2, 0.25) is 0 Å². The summed E-state index contributed by atoms with van der Waals surface area (Å²) in [6.07, 6.45) is -12.2. The largest absolute Gasteiger partial charge is 0.421 e. The number of hydrogen-bond donors (Lipinski definition) is 1. The predicted octanol–water partition coefficient (Wildman–Crippen LogP) is 4.16. The lowest BCUT2D eigenvalue weighted by Gasteiger charge is -2.30. The molecule has 1 N–H and O–H groups in total. The van der Waals surface area contributed by atoms with Crippen LogP contribution in [0, 0.1) is 11.6 Å². The lowest BCUT2D eigenvalue weighted by atomic mass is 10.1. The summed E-state index contributed by atoms with van der Waals surface area (Å²) in [5, 5.41) is 0.956. The summed E-state index contributed by atoms with van der Waals surface area (Å²) in [6, 6.07) is 1.92. The average molecular weight is 386 g/mol. The van der Waals surface area contributed by atoms with Gasteiger partial charge in [-0.15, -0.1) is 0 Å². The molecule has 0 fully saturated rings. The van der Waals surface area contributed by atoms with Crippen molar-refractivity contribution in [2.75, 3.05) is 5.32 Å². The van der Waals surface area contributed by atoms with Gasteiger partial charge in [-0.1, -0.05) is 22.0 Å². The molecule has 0 radical (unpaired) electrons. The van der Waals surface area contributed by atoms with E-state index < -0.39 is 39.9 Å². The Morgan fingerprint density at radius 1 is 0.952 bits per heavy atom. The summed E-state index contributed by atoms with van der Waals surface area (Å²) in [5.74, 6) is -5.77. The molecule has 0 saturated carbocycles. The predicted molar refractivity (Wildman–Crippen MR) is 58.8 cm³/mol. The maximum absolute atomic E-state index is 13.2. The number of carbonyl (C=O) groups is 1. The summed E-state index contributed by atoms with van der Waals surface area (Å²) in [4.78, 5) is 11.3. The van der Waals surface area contributed by atoms with Gasteiger partial charge in [0.1, 0.15) is 17.3 Å². The van der Waals surface area contributed by atoms with Crippen molar-refractivity contribution >= 4 is 27.5 Å². The van der Waals surface area contributed by atoms with E-state index in [1.54, 1.807) is 0 Å². The molecule has 1 amide bonds. The fourth-order valence-corrected chi connectivity index (χ4v) is 1.33. The average Bonchev–Trinajstić information content (AvgIpc) is 2.29. The lowest BCUT2D eigenvalue weighted by molar-refractivity contribution is -0.253. The van der Waals surface area contributed by atoms with Gasteiger partial charge in [0, 0.05) is 0 Å². The fourth-order valence-electron chi connectivity index (χ4n) is 1.24. The molecule has 0 bridgehead atoms. The smallest absolute Gasteiger partial charge is 0.319 e. The molecule has 1 rings (SSSR count). The first-order chi connectivity index (χ1) is 9.32. The Labute approximate surface area is 120 Å². The van der Waals surface area contributed by atoms with E-state index in [1.165, 1.54) is 15.9 Å². The number of amides is 1. The van der Waals surface area contributed by atoms with Crippen LogP contribution in [0.25, 0.3) is 0 Å². The number of halogens is 9. The monoisotopic (exact) mass is 385 g/mol. The van der Waals surface area contributed by atoms with Crippen molar-refractivity contribution in [3.8, 4) is 0 Å². The SMILES string of the molecule is O=C(Nc1c(F)cccc1F)C(Br)(C(F)(F)F)C(F)(F)F. The van der Waals surface area contributed by atoms with E-state index >= 15 is 0 Å². The summed E-state index contributed by atoms with van der Waals surface area (Å²) in [5.41, 5.74) is -1.42. The van der Waals surface area contributed by atoms with Crippen LogP contribution < -0.4 is 5.32 Å². The van der Waals surface area contributed by atoms with Crippen LogP contribution in [-0.4, -0.2) is 22.6 Å². The van der Waals surface area contributed by atoms with Crippen molar-refractivity contribution in [2.45, 2.75) is 16.7 Å². The second-order valence-electron chi connectivity index (χ2n) is 3.70. The molecule has 1 aromatic carbocycles. The van der Waals surface area contributed by atoms with E-state index in [0.717, 1.165) is 11.4 Å². The molecule has 1 aromatic rings. The summed E-state index contributed by atoms with van der Waals surface area (Å²) < 4.78 is 96.6. The number of rotatable bonds is 2. The highest BCUT2D eigenvalue weighted by Crippen LogP contribution is 2.50. The molecule has 0 heterocycles. The van der Waals surface area contributed by atoms with Gasteiger partial charge >= 0.3 is 12.4 Å². The highest BCUT2D eigenvalue weighted by molar-refractivity contribution is 9.10. The third kappa shape index (κ3) is 3.11. The number of hydrogen-bond acceptors (Lipinski definition) is 1. The van der Waals surface area contributed by atoms with E-state index in [4.69, 9.17) is 0 Å². The number of benzene rings is 1. The van der Waals surface area contributed by atoms with Crippen LogP contribution in [0.2, 0.25) is 0 Å². The van der Waals surface area contributed by atoms with Crippen LogP contribution in [-0.2, 0) is 4.79 Å². The Hall–Kier alpha value is -1.39. The van der Waals surface area contributed by atoms with Gasteiger partial charge in [0.25, 0.3) is 10.2 Å². The van der Waals surface area contributed by atoms with Crippen LogP contribution in [0.15, 0.2) is 18.2 Å². The summed E-state index contributed by atoms with van der Waals surface area (Å²) in [6.45, 7) is 0. The van der Waals surface area contributed by atoms with E-state index in [0.29, 0.717) is 12.1 Å². The minimum atomic E-state index is -6.09. The zero-order valence-electron chi connectivity index (χ0n) is 9.54. The molecule has 11 heteroatoms. The first kappa shape index (κ1) is 17.7. The van der Waals surface area contributed by atoms with Crippen LogP contribution in [0.1, 0.15) is 0 Å². The molecule has 0 atom stereocenters. The van der Waals surface area contributed by atoms with Crippen molar-refractivity contribution in [2.24, 2.45) is 0 Å². The van der Waals surface area contributed by atoms with Gasteiger partial charge in [-0.3, -0.25) is 4.79 Å². The van der Waals surface area contributed by atoms with E-state index in [1.807, 2.05) is 0 Å². The molecule has 0 aliphatic heterocycles. The van der Waals surface area contributed by atoms with E-state index in [2.05, 4.69) is 0 Å². The number of alkyl halides is 7. The van der Waals surface area contributed by atoms with Gasteiger partial charge in [0.15, 0.2) is 0 Å². The molecule has 118 valence electrons. The van der Waals surface area contributed by atoms with Gasteiger partial charge in [-0.2, -0.15) is 26.3 Å². The normalized spacial score (nSPS) is 13.2. The zero-order valence-corrected chi connectivity index (χ0v) is 11.1. The Balaban J connectivity index is 3.28. The second-order valence-corrected chi connectivity index (χ2v) is 4.89. The zero-order chi connectivity index (χ0) is 16.6. The summed E-state index contributed by atoms with van der Waals surface area (Å²) in [7, 11) is 0. The van der Waals surface area contributed by atoms with Gasteiger partial charge in [-0.05, 0) is 12.1 Å². The van der Waals surface area contributed by atoms with Crippen molar-refractivity contribution in [1.29, 1.82) is 0 Å². The van der Waals surface area contributed by atoms with Crippen LogP contribution >= 0.6 is 15.9 Å². The lowest BCUT2D eigenvalue weighted by Crippen LogP contribution is -2.59. The third-order valence-corrected chi connectivity index (χ3v) is 3.55. The summed E-state index contributed by atoms with van der Waals surface area (Å²) >= 11 is 1.29. The molecule has 0 aliphatic carbocycles. The first-order valence-electron chi connectivity index (χ1n) is 4.90. The van der Waals surface area contributed by atoms with E-state index in [-0.39, 0.29) is 0 Å². The molecule has 0 unspecified atom stereocenters. The van der Waals surface area contributed by atoms with Gasteiger partial charge < -0.3 is 5.32 Å². The molecule has 21 heavy (non-hydrogen) atoms. The highest BCUT2D eigenvalue weighted by atomic mass is 79.9. The van der Waals surface area contributed by atoms with Crippen molar-refractivity contribution < 1.29 is 39.9 Å². The molecule has 2 nitrogen and oxygen atoms in total. The van der Waals surface area contributed by atoms with Crippen LogP contribution in [0.5, 0.6) is 0 Å². The second kappa shape index (κ2) is 5.43. The van der Waals surface area contributed by atoms with Crippen molar-refractivity contribution in [1.82, 2.24) is 0 Å². The van der Waals surface area contributed by atoms with Gasteiger partial charge in [0.05, 0.1) is 0 Å². The molecule has 0 saturated heterocycles. The molecule has 0 aromatic heterocycles. The molecule has 0 spiro atoms. The minimum Gasteiger partial charge on any atom is -0.319 e. The topological polar surface area (TPSA) is 29.1 Å². The highest BCUT2D eigenvalue weighted by Gasteiger charge is 2.74. The maximum Gasteiger partial charge on any atom is 0.421 e. The maximum atomic E-state index is 13.2. The molecule has 0 aliphatic rings.